The second kappa shape index (κ2) is 4.42. The van der Waals surface area contributed by atoms with E-state index in [1.807, 2.05) is 24.3 Å². The number of rotatable bonds is 2. The highest BCUT2D eigenvalue weighted by Gasteiger charge is 2.12. The maximum atomic E-state index is 9.08. The summed E-state index contributed by atoms with van der Waals surface area (Å²) in [6.07, 6.45) is 1.66. The largest absolute Gasteiger partial charge is 0.480 e. The Labute approximate surface area is 109 Å². The molecule has 0 saturated carbocycles. The average molecular weight is 250 g/mol. The number of ether oxygens (including phenoxy) is 1. The van der Waals surface area contributed by atoms with Crippen LogP contribution in [0.3, 0.4) is 0 Å². The van der Waals surface area contributed by atoms with Crippen LogP contribution in [0.25, 0.3) is 22.4 Å². The second-order valence-electron chi connectivity index (χ2n) is 3.96. The van der Waals surface area contributed by atoms with Gasteiger partial charge in [0.15, 0.2) is 0 Å². The van der Waals surface area contributed by atoms with Crippen LogP contribution in [-0.2, 0) is 0 Å². The zero-order chi connectivity index (χ0) is 13.2. The van der Waals surface area contributed by atoms with Crippen molar-refractivity contribution in [2.75, 3.05) is 7.11 Å². The Balaban J connectivity index is 2.24. The third-order valence-corrected chi connectivity index (χ3v) is 2.85. The maximum absolute atomic E-state index is 9.08. The number of pyridine rings is 1. The molecule has 0 spiro atoms. The van der Waals surface area contributed by atoms with Crippen molar-refractivity contribution in [1.82, 2.24) is 15.0 Å². The highest BCUT2D eigenvalue weighted by Crippen LogP contribution is 2.27. The molecule has 0 aliphatic carbocycles. The molecule has 92 valence electrons. The van der Waals surface area contributed by atoms with Crippen LogP contribution in [0.2, 0.25) is 0 Å². The molecule has 2 aromatic heterocycles. The van der Waals surface area contributed by atoms with Gasteiger partial charge in [-0.25, -0.2) is 9.97 Å². The van der Waals surface area contributed by atoms with Crippen LogP contribution < -0.4 is 4.74 Å². The van der Waals surface area contributed by atoms with Crippen LogP contribution in [-0.4, -0.2) is 22.1 Å². The summed E-state index contributed by atoms with van der Waals surface area (Å²) in [7, 11) is 1.56. The van der Waals surface area contributed by atoms with Gasteiger partial charge in [-0.2, -0.15) is 5.26 Å². The van der Waals surface area contributed by atoms with Crippen LogP contribution in [0.5, 0.6) is 5.88 Å². The minimum Gasteiger partial charge on any atom is -0.480 e. The van der Waals surface area contributed by atoms with Gasteiger partial charge in [-0.05, 0) is 24.3 Å². The number of hydrogen-bond donors (Lipinski definition) is 1. The number of methoxy groups -OCH3 is 1. The van der Waals surface area contributed by atoms with Gasteiger partial charge in [-0.3, -0.25) is 0 Å². The predicted molar refractivity (Wildman–Crippen MR) is 70.6 cm³/mol. The lowest BCUT2D eigenvalue weighted by Crippen LogP contribution is -1.91. The van der Waals surface area contributed by atoms with Crippen LogP contribution in [0.1, 0.15) is 5.56 Å². The number of fused-ring (bicyclic) bond motifs is 1. The minimum atomic E-state index is 0.500. The van der Waals surface area contributed by atoms with Crippen molar-refractivity contribution in [1.29, 1.82) is 5.26 Å². The van der Waals surface area contributed by atoms with Crippen molar-refractivity contribution >= 4 is 11.0 Å². The van der Waals surface area contributed by atoms with Gasteiger partial charge in [-0.1, -0.05) is 6.07 Å². The summed E-state index contributed by atoms with van der Waals surface area (Å²) in [6, 6.07) is 11.3. The van der Waals surface area contributed by atoms with Gasteiger partial charge < -0.3 is 9.72 Å². The van der Waals surface area contributed by atoms with Crippen molar-refractivity contribution in [3.63, 3.8) is 0 Å². The van der Waals surface area contributed by atoms with E-state index in [1.54, 1.807) is 19.4 Å². The lowest BCUT2D eigenvalue weighted by molar-refractivity contribution is 0.399. The van der Waals surface area contributed by atoms with Crippen LogP contribution >= 0.6 is 0 Å². The highest BCUT2D eigenvalue weighted by atomic mass is 16.5. The monoisotopic (exact) mass is 250 g/mol. The first-order chi connectivity index (χ1) is 9.33. The fourth-order valence-electron chi connectivity index (χ4n) is 1.98. The summed E-state index contributed by atoms with van der Waals surface area (Å²) in [5, 5.41) is 9.08. The zero-order valence-electron chi connectivity index (χ0n) is 10.2. The number of nitrogens with zero attached hydrogens (tertiary/aromatic N) is 3. The first-order valence-electron chi connectivity index (χ1n) is 5.71. The van der Waals surface area contributed by atoms with E-state index in [2.05, 4.69) is 21.0 Å². The Kier molecular flexibility index (Phi) is 2.62. The molecule has 19 heavy (non-hydrogen) atoms. The number of aromatic nitrogens is 3. The maximum Gasteiger partial charge on any atom is 0.224 e. The third kappa shape index (κ3) is 1.79. The zero-order valence-corrected chi connectivity index (χ0v) is 10.2. The van der Waals surface area contributed by atoms with Crippen molar-refractivity contribution in [2.45, 2.75) is 0 Å². The van der Waals surface area contributed by atoms with Crippen molar-refractivity contribution in [3.8, 4) is 23.3 Å². The SMILES string of the molecule is COc1ncccc1-c1nc2c(C#N)cccc2[nH]1. The standard InChI is InChI=1S/C14H10N4O/c1-19-14-10(5-3-7-16-14)13-17-11-6-2-4-9(8-15)12(11)18-13/h2-7H,1H3,(H,17,18). The minimum absolute atomic E-state index is 0.500. The van der Waals surface area contributed by atoms with E-state index >= 15 is 0 Å². The molecule has 0 bridgehead atoms. The molecule has 5 nitrogen and oxygen atoms in total. The van der Waals surface area contributed by atoms with Gasteiger partial charge in [-0.15, -0.1) is 0 Å². The number of aromatic amines is 1. The van der Waals surface area contributed by atoms with Crippen molar-refractivity contribution < 1.29 is 4.74 Å². The highest BCUT2D eigenvalue weighted by molar-refractivity contribution is 5.85. The Morgan fingerprint density at radius 1 is 1.26 bits per heavy atom. The molecule has 0 atom stereocenters. The van der Waals surface area contributed by atoms with Crippen molar-refractivity contribution in [2.24, 2.45) is 0 Å². The molecule has 0 fully saturated rings. The normalized spacial score (nSPS) is 10.3. The molecule has 0 aliphatic heterocycles. The van der Waals surface area contributed by atoms with E-state index in [9.17, 15) is 0 Å². The molecule has 0 saturated heterocycles. The predicted octanol–water partition coefficient (Wildman–Crippen LogP) is 2.51. The smallest absolute Gasteiger partial charge is 0.224 e. The summed E-state index contributed by atoms with van der Waals surface area (Å²) < 4.78 is 5.22. The lowest BCUT2D eigenvalue weighted by atomic mass is 10.2. The summed E-state index contributed by atoms with van der Waals surface area (Å²) in [5.41, 5.74) is 2.79. The molecule has 3 rings (SSSR count). The summed E-state index contributed by atoms with van der Waals surface area (Å²) in [6.45, 7) is 0. The molecule has 0 amide bonds. The van der Waals surface area contributed by atoms with Gasteiger partial charge in [0.25, 0.3) is 0 Å². The number of hydrogen-bond acceptors (Lipinski definition) is 4. The molecular formula is C14H10N4O. The Morgan fingerprint density at radius 3 is 2.95 bits per heavy atom. The van der Waals surface area contributed by atoms with Crippen LogP contribution in [0.15, 0.2) is 36.5 Å². The molecule has 3 aromatic rings. The molecule has 1 N–H and O–H groups in total. The Morgan fingerprint density at radius 2 is 2.16 bits per heavy atom. The number of para-hydroxylation sites is 1. The van der Waals surface area contributed by atoms with Gasteiger partial charge in [0.05, 0.1) is 23.8 Å². The van der Waals surface area contributed by atoms with Gasteiger partial charge >= 0.3 is 0 Å². The van der Waals surface area contributed by atoms with E-state index in [-0.39, 0.29) is 0 Å². The summed E-state index contributed by atoms with van der Waals surface area (Å²) >= 11 is 0. The first-order valence-corrected chi connectivity index (χ1v) is 5.71. The van der Waals surface area contributed by atoms with Crippen LogP contribution in [0.4, 0.5) is 0 Å². The molecule has 1 aromatic carbocycles. The average Bonchev–Trinajstić information content (AvgIpc) is 2.90. The lowest BCUT2D eigenvalue weighted by Gasteiger charge is -2.03. The van der Waals surface area contributed by atoms with Crippen molar-refractivity contribution in [3.05, 3.63) is 42.1 Å². The summed E-state index contributed by atoms with van der Waals surface area (Å²) in [5.74, 6) is 1.14. The quantitative estimate of drug-likeness (QED) is 0.758. The van der Waals surface area contributed by atoms with Crippen LogP contribution in [0, 0.1) is 11.3 Å². The number of benzene rings is 1. The molecule has 0 radical (unpaired) electrons. The van der Waals surface area contributed by atoms with Gasteiger partial charge in [0.1, 0.15) is 17.4 Å². The third-order valence-electron chi connectivity index (χ3n) is 2.85. The second-order valence-corrected chi connectivity index (χ2v) is 3.96. The first kappa shape index (κ1) is 11.2. The fraction of sp³-hybridized carbons (Fsp3) is 0.0714. The number of nitriles is 1. The molecule has 5 heteroatoms. The fourth-order valence-corrected chi connectivity index (χ4v) is 1.98. The molecular weight excluding hydrogens is 240 g/mol. The van der Waals surface area contributed by atoms with E-state index < -0.39 is 0 Å². The summed E-state index contributed by atoms with van der Waals surface area (Å²) in [4.78, 5) is 11.8. The molecule has 0 unspecified atom stereocenters. The topological polar surface area (TPSA) is 74.6 Å². The van der Waals surface area contributed by atoms with Gasteiger partial charge in [0.2, 0.25) is 5.88 Å². The van der Waals surface area contributed by atoms with E-state index in [1.165, 1.54) is 0 Å². The number of nitrogens with one attached hydrogen (secondary N) is 1. The van der Waals surface area contributed by atoms with E-state index in [0.717, 1.165) is 11.1 Å². The van der Waals surface area contributed by atoms with E-state index in [0.29, 0.717) is 22.8 Å². The molecule has 0 aliphatic rings. The number of imidazole rings is 1. The van der Waals surface area contributed by atoms with E-state index in [4.69, 9.17) is 10.00 Å². The Bertz CT molecular complexity index is 785. The number of H-pyrrole nitrogens is 1. The Hall–Kier alpha value is -2.87. The van der Waals surface area contributed by atoms with Gasteiger partial charge in [0, 0.05) is 6.20 Å². The molecule has 2 heterocycles.